The average molecular weight is 488 g/mol. The SMILES string of the molecule is CCCN(CCC)C(=O)C1=Cc2ccc(-c3ccc4c(c3)CCN(CC(N)=O)C4=O)cc2N=C(N)C1. The molecule has 0 unspecified atom stereocenters. The topological polar surface area (TPSA) is 122 Å². The minimum Gasteiger partial charge on any atom is -0.387 e. The number of nitrogens with zero attached hydrogens (tertiary/aromatic N) is 3. The Hall–Kier alpha value is -3.94. The molecule has 0 saturated carbocycles. The minimum atomic E-state index is -0.518. The number of aliphatic imine (C=N–C) groups is 1. The van der Waals surface area contributed by atoms with Crippen molar-refractivity contribution in [3.05, 3.63) is 58.7 Å². The van der Waals surface area contributed by atoms with Crippen LogP contribution in [-0.2, 0) is 16.0 Å². The van der Waals surface area contributed by atoms with E-state index in [2.05, 4.69) is 18.8 Å². The van der Waals surface area contributed by atoms with Crippen LogP contribution < -0.4 is 11.5 Å². The van der Waals surface area contributed by atoms with Crippen LogP contribution in [0.4, 0.5) is 5.69 Å². The lowest BCUT2D eigenvalue weighted by Crippen LogP contribution is -2.42. The first kappa shape index (κ1) is 25.2. The molecule has 4 rings (SSSR count). The van der Waals surface area contributed by atoms with Crippen LogP contribution in [0.3, 0.4) is 0 Å². The lowest BCUT2D eigenvalue weighted by Gasteiger charge is -2.27. The smallest absolute Gasteiger partial charge is 0.254 e. The van der Waals surface area contributed by atoms with E-state index in [9.17, 15) is 14.4 Å². The first-order valence-electron chi connectivity index (χ1n) is 12.5. The predicted molar refractivity (Wildman–Crippen MR) is 142 cm³/mol. The number of carbonyl (C=O) groups is 3. The Kier molecular flexibility index (Phi) is 7.52. The number of primary amides is 1. The van der Waals surface area contributed by atoms with Crippen molar-refractivity contribution < 1.29 is 14.4 Å². The fourth-order valence-electron chi connectivity index (χ4n) is 4.82. The minimum absolute atomic E-state index is 0.0125. The van der Waals surface area contributed by atoms with Crippen molar-refractivity contribution in [2.24, 2.45) is 16.5 Å². The summed E-state index contributed by atoms with van der Waals surface area (Å²) in [7, 11) is 0. The molecule has 2 aromatic rings. The predicted octanol–water partition coefficient (Wildman–Crippen LogP) is 3.26. The second kappa shape index (κ2) is 10.8. The first-order valence-corrected chi connectivity index (χ1v) is 12.5. The summed E-state index contributed by atoms with van der Waals surface area (Å²) in [6.07, 6.45) is 4.67. The van der Waals surface area contributed by atoms with Crippen molar-refractivity contribution in [1.82, 2.24) is 9.80 Å². The number of nitrogens with two attached hydrogens (primary N) is 2. The van der Waals surface area contributed by atoms with E-state index in [0.717, 1.165) is 35.1 Å². The highest BCUT2D eigenvalue weighted by atomic mass is 16.2. The second-order valence-corrected chi connectivity index (χ2v) is 9.33. The maximum absolute atomic E-state index is 13.2. The molecule has 0 bridgehead atoms. The van der Waals surface area contributed by atoms with Gasteiger partial charge in [-0.1, -0.05) is 38.1 Å². The van der Waals surface area contributed by atoms with E-state index in [4.69, 9.17) is 11.5 Å². The molecule has 0 radical (unpaired) electrons. The Morgan fingerprint density at radius 1 is 1.06 bits per heavy atom. The van der Waals surface area contributed by atoms with Crippen LogP contribution in [0.1, 0.15) is 54.6 Å². The number of carbonyl (C=O) groups excluding carboxylic acids is 3. The van der Waals surface area contributed by atoms with Crippen LogP contribution in [0, 0.1) is 0 Å². The van der Waals surface area contributed by atoms with E-state index in [0.29, 0.717) is 55.1 Å². The van der Waals surface area contributed by atoms with Gasteiger partial charge in [0.25, 0.3) is 5.91 Å². The molecule has 8 nitrogen and oxygen atoms in total. The van der Waals surface area contributed by atoms with Crippen LogP contribution in [0.15, 0.2) is 47.0 Å². The van der Waals surface area contributed by atoms with Gasteiger partial charge >= 0.3 is 0 Å². The molecule has 8 heteroatoms. The first-order chi connectivity index (χ1) is 17.3. The maximum Gasteiger partial charge on any atom is 0.254 e. The normalized spacial score (nSPS) is 14.8. The quantitative estimate of drug-likeness (QED) is 0.593. The van der Waals surface area contributed by atoms with Gasteiger partial charge in [-0.3, -0.25) is 14.4 Å². The van der Waals surface area contributed by atoms with Crippen molar-refractivity contribution >= 4 is 35.3 Å². The number of benzene rings is 2. The molecule has 0 fully saturated rings. The number of hydrogen-bond donors (Lipinski definition) is 2. The van der Waals surface area contributed by atoms with Gasteiger partial charge < -0.3 is 21.3 Å². The van der Waals surface area contributed by atoms with Gasteiger partial charge in [-0.15, -0.1) is 0 Å². The molecule has 2 aromatic carbocycles. The van der Waals surface area contributed by atoms with Crippen molar-refractivity contribution in [3.8, 4) is 11.1 Å². The third kappa shape index (κ3) is 5.32. The highest BCUT2D eigenvalue weighted by molar-refractivity contribution is 6.05. The summed E-state index contributed by atoms with van der Waals surface area (Å²) in [5.74, 6) is -0.276. The van der Waals surface area contributed by atoms with Gasteiger partial charge in [0.15, 0.2) is 0 Å². The third-order valence-corrected chi connectivity index (χ3v) is 6.50. The van der Waals surface area contributed by atoms with E-state index in [1.165, 1.54) is 4.90 Å². The fraction of sp³-hybridized carbons (Fsp3) is 0.357. The Morgan fingerprint density at radius 3 is 2.44 bits per heavy atom. The van der Waals surface area contributed by atoms with E-state index < -0.39 is 5.91 Å². The van der Waals surface area contributed by atoms with Gasteiger partial charge in [-0.25, -0.2) is 4.99 Å². The van der Waals surface area contributed by atoms with Crippen LogP contribution in [0.25, 0.3) is 17.2 Å². The molecule has 2 heterocycles. The zero-order valence-electron chi connectivity index (χ0n) is 20.9. The molecular formula is C28H33N5O3. The van der Waals surface area contributed by atoms with Crippen LogP contribution in [-0.4, -0.2) is 59.5 Å². The molecule has 36 heavy (non-hydrogen) atoms. The van der Waals surface area contributed by atoms with Crippen LogP contribution >= 0.6 is 0 Å². The van der Waals surface area contributed by atoms with Gasteiger partial charge in [0.2, 0.25) is 11.8 Å². The van der Waals surface area contributed by atoms with Gasteiger partial charge in [0, 0.05) is 42.8 Å². The zero-order chi connectivity index (χ0) is 25.8. The Labute approximate surface area is 211 Å². The lowest BCUT2D eigenvalue weighted by molar-refractivity contribution is -0.127. The van der Waals surface area contributed by atoms with Crippen molar-refractivity contribution in [3.63, 3.8) is 0 Å². The van der Waals surface area contributed by atoms with E-state index in [1.807, 2.05) is 41.3 Å². The summed E-state index contributed by atoms with van der Waals surface area (Å²) < 4.78 is 0. The molecule has 0 aromatic heterocycles. The molecular weight excluding hydrogens is 454 g/mol. The highest BCUT2D eigenvalue weighted by Crippen LogP contribution is 2.33. The molecule has 0 saturated heterocycles. The van der Waals surface area contributed by atoms with E-state index in [1.54, 1.807) is 6.07 Å². The number of rotatable bonds is 8. The van der Waals surface area contributed by atoms with Gasteiger partial charge in [0.05, 0.1) is 12.2 Å². The maximum atomic E-state index is 13.2. The Balaban J connectivity index is 1.63. The molecule has 0 spiro atoms. The third-order valence-electron chi connectivity index (χ3n) is 6.50. The van der Waals surface area contributed by atoms with Crippen LogP contribution in [0.2, 0.25) is 0 Å². The second-order valence-electron chi connectivity index (χ2n) is 9.33. The lowest BCUT2D eigenvalue weighted by atomic mass is 9.93. The van der Waals surface area contributed by atoms with Gasteiger partial charge in [0.1, 0.15) is 5.84 Å². The Morgan fingerprint density at radius 2 is 1.75 bits per heavy atom. The van der Waals surface area contributed by atoms with Crippen molar-refractivity contribution in [2.45, 2.75) is 39.5 Å². The van der Waals surface area contributed by atoms with Gasteiger partial charge in [-0.2, -0.15) is 0 Å². The largest absolute Gasteiger partial charge is 0.387 e. The summed E-state index contributed by atoms with van der Waals surface area (Å²) in [5, 5.41) is 0. The summed E-state index contributed by atoms with van der Waals surface area (Å²) in [6, 6.07) is 11.6. The summed E-state index contributed by atoms with van der Waals surface area (Å²) in [6.45, 7) is 5.95. The van der Waals surface area contributed by atoms with Crippen molar-refractivity contribution in [2.75, 3.05) is 26.2 Å². The van der Waals surface area contributed by atoms with Crippen molar-refractivity contribution in [1.29, 1.82) is 0 Å². The number of amides is 3. The monoisotopic (exact) mass is 487 g/mol. The summed E-state index contributed by atoms with van der Waals surface area (Å²) in [5.41, 5.74) is 17.2. The fourth-order valence-corrected chi connectivity index (χ4v) is 4.82. The zero-order valence-corrected chi connectivity index (χ0v) is 20.9. The molecule has 2 aliphatic heterocycles. The number of amidine groups is 1. The number of fused-ring (bicyclic) bond motifs is 2. The standard InChI is InChI=1S/C28H33N5O3/c1-3-10-32(11-4-2)27(35)22-14-21-6-5-19(15-24(21)31-25(29)16-22)18-7-8-23-20(13-18)9-12-33(28(23)36)17-26(30)34/h5-8,13-15H,3-4,9-12,16-17H2,1-2H3,(H2,29,31)(H2,30,34). The highest BCUT2D eigenvalue weighted by Gasteiger charge is 2.26. The molecule has 188 valence electrons. The number of hydrogen-bond acceptors (Lipinski definition) is 5. The molecule has 0 aliphatic carbocycles. The van der Waals surface area contributed by atoms with E-state index >= 15 is 0 Å². The Bertz CT molecular complexity index is 1260. The molecule has 4 N–H and O–H groups in total. The van der Waals surface area contributed by atoms with E-state index in [-0.39, 0.29) is 18.4 Å². The molecule has 2 aliphatic rings. The van der Waals surface area contributed by atoms with Crippen LogP contribution in [0.5, 0.6) is 0 Å². The molecule has 0 atom stereocenters. The molecule has 3 amide bonds. The summed E-state index contributed by atoms with van der Waals surface area (Å²) in [4.78, 5) is 45.2. The van der Waals surface area contributed by atoms with Gasteiger partial charge in [-0.05, 0) is 54.2 Å². The summed E-state index contributed by atoms with van der Waals surface area (Å²) >= 11 is 0. The average Bonchev–Trinajstić information content (AvgIpc) is 3.02.